The number of nitrogens with zero attached hydrogens (tertiary/aromatic N) is 10. The molecule has 1 aromatic heterocycles. The van der Waals surface area contributed by atoms with Crippen molar-refractivity contribution in [2.45, 2.75) is 222 Å². The molecule has 2 aromatic rings. The van der Waals surface area contributed by atoms with E-state index in [9.17, 15) is 46.7 Å². The van der Waals surface area contributed by atoms with Gasteiger partial charge in [-0.3, -0.25) is 62.5 Å². The summed E-state index contributed by atoms with van der Waals surface area (Å²) in [6.45, 7) is 4.40. The predicted molar refractivity (Wildman–Crippen MR) is 380 cm³/mol. The number of carbonyl (C=O) groups is 12. The smallest absolute Gasteiger partial charge is 0.343 e. The van der Waals surface area contributed by atoms with Gasteiger partial charge < -0.3 is 60.0 Å². The number of benzene rings is 1. The maximum Gasteiger partial charge on any atom is 0.417 e. The zero-order valence-corrected chi connectivity index (χ0v) is 62.8. The highest BCUT2D eigenvalue weighted by Gasteiger charge is 2.51. The highest BCUT2D eigenvalue weighted by molar-refractivity contribution is 6.31. The fourth-order valence-electron chi connectivity index (χ4n) is 15.4. The van der Waals surface area contributed by atoms with E-state index in [0.29, 0.717) is 70.0 Å². The van der Waals surface area contributed by atoms with E-state index in [1.54, 1.807) is 24.0 Å². The molecular weight excluding hydrogens is 1360 g/mol. The molecule has 1 aromatic carbocycles. The Kier molecular flexibility index (Phi) is 29.7. The van der Waals surface area contributed by atoms with Gasteiger partial charge in [0.2, 0.25) is 70.9 Å². The summed E-state index contributed by atoms with van der Waals surface area (Å²) in [6.07, 6.45) is 7.45. The first-order chi connectivity index (χ1) is 48.7. The Morgan fingerprint density at radius 3 is 1.85 bits per heavy atom. The summed E-state index contributed by atoms with van der Waals surface area (Å²) in [5.74, 6) is -9.02. The molecule has 2 aliphatic heterocycles. The predicted octanol–water partition coefficient (Wildman–Crippen LogP) is 5.87. The number of amides is 12. The maximum absolute atomic E-state index is 15.9. The molecule has 7 rings (SSSR count). The Morgan fingerprint density at radius 2 is 1.25 bits per heavy atom. The molecule has 570 valence electrons. The maximum atomic E-state index is 15.9. The third kappa shape index (κ3) is 21.0. The van der Waals surface area contributed by atoms with Crippen molar-refractivity contribution in [1.82, 2.24) is 65.0 Å². The Labute approximate surface area is 609 Å². The number of nitrogens with one attached hydrogen (secondary N) is 3. The molecule has 2 saturated heterocycles. The molecule has 29 heteroatoms. The molecule has 3 N–H and O–H groups in total. The van der Waals surface area contributed by atoms with Crippen LogP contribution >= 0.6 is 11.6 Å². The van der Waals surface area contributed by atoms with Crippen LogP contribution in [0.25, 0.3) is 0 Å². The van der Waals surface area contributed by atoms with Gasteiger partial charge in [0.25, 0.3) is 0 Å². The molecular formula is C74H109ClF3N13O12. The van der Waals surface area contributed by atoms with E-state index in [0.717, 1.165) is 76.7 Å². The van der Waals surface area contributed by atoms with Crippen LogP contribution in [0, 0.1) is 17.8 Å². The second-order valence-electron chi connectivity index (χ2n) is 29.5. The van der Waals surface area contributed by atoms with Crippen LogP contribution in [-0.2, 0) is 76.6 Å². The van der Waals surface area contributed by atoms with E-state index in [4.69, 9.17) is 11.6 Å². The first kappa shape index (κ1) is 82.4. The molecule has 5 fully saturated rings. The van der Waals surface area contributed by atoms with Crippen LogP contribution in [0.5, 0.6) is 0 Å². The molecule has 3 saturated carbocycles. The lowest BCUT2D eigenvalue weighted by Crippen LogP contribution is -2.65. The van der Waals surface area contributed by atoms with Crippen molar-refractivity contribution >= 4 is 82.5 Å². The summed E-state index contributed by atoms with van der Waals surface area (Å²) >= 11 is 6.19. The van der Waals surface area contributed by atoms with Crippen molar-refractivity contribution in [1.29, 1.82) is 0 Å². The van der Waals surface area contributed by atoms with Crippen molar-refractivity contribution < 1.29 is 70.7 Å². The first-order valence-electron chi connectivity index (χ1n) is 36.7. The lowest BCUT2D eigenvalue weighted by molar-refractivity contribution is -0.156. The number of hydrogen-bond acceptors (Lipinski definition) is 13. The summed E-state index contributed by atoms with van der Waals surface area (Å²) in [5.41, 5.74) is -1.99. The first-order valence-corrected chi connectivity index (χ1v) is 37.1. The van der Waals surface area contributed by atoms with Crippen molar-refractivity contribution in [3.63, 3.8) is 0 Å². The Hall–Kier alpha value is -7.91. The van der Waals surface area contributed by atoms with Gasteiger partial charge in [-0.25, -0.2) is 0 Å². The van der Waals surface area contributed by atoms with Gasteiger partial charge in [0.05, 0.1) is 36.6 Å². The molecule has 0 bridgehead atoms. The summed E-state index contributed by atoms with van der Waals surface area (Å²) < 4.78 is 41.9. The molecule has 103 heavy (non-hydrogen) atoms. The van der Waals surface area contributed by atoms with E-state index in [2.05, 4.69) is 20.9 Å². The number of pyridine rings is 1. The van der Waals surface area contributed by atoms with Crippen molar-refractivity contribution in [2.75, 3.05) is 89.1 Å². The standard InChI is InChI=1S/C74H109ClF3N13O12/c1-12-24-55-65(96)81-63(47(3)13-2)70(101)85(6)45-61(94)83(4)46-62(95)87(8)57(40-48-25-17-18-26-48)68(99)84(5)44-59(92)80-54(33-31-49-30-32-52(53(75)39-49)74(76,77)78)67(98)88(9)56(41-50-27-23-36-79-43-50)66(97)82-73(34-19-20-35-73)72(103)90(11)64(51-28-15-14-16-29-51)71(102)89(10)58(42-60(93)86(55)7)69(100)91-37-21-22-38-91/h23,27,30,32,36,39,43,47-48,51,54-58,63-64H,12-22,24-26,28-29,31,33-35,37-38,40-42,44-46H2,1-11H3,(H,80,92)(H,81,96)(H,82,97)/t47-,54-,55-,56-,57-,58-,63-,64-/m0/s1. The van der Waals surface area contributed by atoms with Crippen LogP contribution in [0.3, 0.4) is 0 Å². The van der Waals surface area contributed by atoms with Crippen molar-refractivity contribution in [3.05, 3.63) is 64.4 Å². The average Bonchev–Trinajstić information content (AvgIpc) is 1.75. The van der Waals surface area contributed by atoms with Crippen molar-refractivity contribution in [2.24, 2.45) is 17.8 Å². The van der Waals surface area contributed by atoms with Crippen LogP contribution in [0.2, 0.25) is 5.02 Å². The number of aromatic nitrogens is 1. The van der Waals surface area contributed by atoms with Crippen LogP contribution < -0.4 is 16.0 Å². The van der Waals surface area contributed by atoms with Crippen molar-refractivity contribution in [3.8, 4) is 0 Å². The third-order valence-corrected chi connectivity index (χ3v) is 22.5. The lowest BCUT2D eigenvalue weighted by atomic mass is 9.81. The zero-order valence-electron chi connectivity index (χ0n) is 62.0. The van der Waals surface area contributed by atoms with Gasteiger partial charge in [-0.15, -0.1) is 0 Å². The summed E-state index contributed by atoms with van der Waals surface area (Å²) in [6, 6.07) is -2.68. The second kappa shape index (κ2) is 37.2. The summed E-state index contributed by atoms with van der Waals surface area (Å²) in [7, 11) is 11.3. The Balaban J connectivity index is 1.32. The summed E-state index contributed by atoms with van der Waals surface area (Å²) in [4.78, 5) is 196. The molecule has 1 spiro atoms. The molecule has 8 atom stereocenters. The minimum absolute atomic E-state index is 0.0105. The number of carbonyl (C=O) groups excluding carboxylic acids is 12. The Morgan fingerprint density at radius 1 is 0.631 bits per heavy atom. The molecule has 0 radical (unpaired) electrons. The van der Waals surface area contributed by atoms with Crippen LogP contribution in [0.15, 0.2) is 42.7 Å². The number of hydrogen-bond donors (Lipinski definition) is 3. The van der Waals surface area contributed by atoms with E-state index in [-0.39, 0.29) is 56.4 Å². The molecule has 3 heterocycles. The molecule has 12 amide bonds. The average molecular weight is 1470 g/mol. The summed E-state index contributed by atoms with van der Waals surface area (Å²) in [5, 5.41) is 8.12. The fourth-order valence-corrected chi connectivity index (χ4v) is 15.7. The SMILES string of the molecule is CCC[C@H]1C(=O)N[C@@H]([C@@H](C)CC)C(=O)N(C)CC(=O)N(C)CC(=O)N(C)[C@@H](CC2CCCC2)C(=O)N(C)CC(=O)N[C@@H](CCc2ccc(C(F)(F)F)c(Cl)c2)C(=O)N(C)[C@@H](Cc2cccnc2)C(=O)NC2(CCCC2)C(=O)N(C)[C@@H](C2CCCCC2)C(=O)N(C)[C@H](C(=O)N2CCCC2)CC(=O)N1C. The van der Waals surface area contributed by atoms with Gasteiger partial charge in [0, 0.05) is 88.3 Å². The highest BCUT2D eigenvalue weighted by Crippen LogP contribution is 2.38. The lowest BCUT2D eigenvalue weighted by Gasteiger charge is -2.43. The van der Waals surface area contributed by atoms with Gasteiger partial charge >= 0.3 is 6.18 Å². The second-order valence-corrected chi connectivity index (χ2v) is 29.9. The molecule has 5 aliphatic rings. The van der Waals surface area contributed by atoms with Gasteiger partial charge in [-0.2, -0.15) is 13.2 Å². The number of alkyl halides is 3. The highest BCUT2D eigenvalue weighted by atomic mass is 35.5. The Bertz CT molecular complexity index is 3340. The quantitative estimate of drug-likeness (QED) is 0.212. The van der Waals surface area contributed by atoms with Gasteiger partial charge in [0.1, 0.15) is 47.8 Å². The largest absolute Gasteiger partial charge is 0.417 e. The van der Waals surface area contributed by atoms with E-state index < -0.39 is 173 Å². The van der Waals surface area contributed by atoms with Gasteiger partial charge in [-0.1, -0.05) is 115 Å². The van der Waals surface area contributed by atoms with Crippen LogP contribution in [-0.4, -0.2) is 257 Å². The van der Waals surface area contributed by atoms with Gasteiger partial charge in [-0.05, 0) is 111 Å². The van der Waals surface area contributed by atoms with E-state index in [1.165, 1.54) is 94.4 Å². The monoisotopic (exact) mass is 1460 g/mol. The topological polar surface area (TPSA) is 283 Å². The molecule has 25 nitrogen and oxygen atoms in total. The van der Waals surface area contributed by atoms with Crippen LogP contribution in [0.1, 0.15) is 172 Å². The molecule has 3 aliphatic carbocycles. The fraction of sp³-hybridized carbons (Fsp3) is 0.689. The number of aryl methyl sites for hydroxylation is 1. The minimum atomic E-state index is -4.78. The third-order valence-electron chi connectivity index (χ3n) is 22.1. The molecule has 0 unspecified atom stereocenters. The van der Waals surface area contributed by atoms with E-state index in [1.807, 2.05) is 13.8 Å². The number of likely N-dealkylation sites (N-methyl/N-ethyl adjacent to an activating group) is 8. The van der Waals surface area contributed by atoms with Crippen LogP contribution in [0.4, 0.5) is 13.2 Å². The number of halogens is 4. The minimum Gasteiger partial charge on any atom is -0.343 e. The number of rotatable bonds is 13. The van der Waals surface area contributed by atoms with Gasteiger partial charge in [0.15, 0.2) is 0 Å². The number of likely N-dealkylation sites (tertiary alicyclic amines) is 1. The van der Waals surface area contributed by atoms with E-state index >= 15 is 24.0 Å². The normalized spacial score (nSPS) is 25.6. The zero-order chi connectivity index (χ0) is 75.8.